The third kappa shape index (κ3) is 2.32. The number of aromatic nitrogens is 2. The van der Waals surface area contributed by atoms with E-state index in [9.17, 15) is 0 Å². The van der Waals surface area contributed by atoms with Crippen LogP contribution in [0.2, 0.25) is 0 Å². The minimum atomic E-state index is -0.0866. The van der Waals surface area contributed by atoms with Gasteiger partial charge in [0.2, 0.25) is 0 Å². The molecule has 0 amide bonds. The van der Waals surface area contributed by atoms with Crippen molar-refractivity contribution in [3.05, 3.63) is 41.1 Å². The van der Waals surface area contributed by atoms with Gasteiger partial charge in [-0.05, 0) is 32.4 Å². The van der Waals surface area contributed by atoms with Crippen LogP contribution in [0.15, 0.2) is 22.7 Å². The van der Waals surface area contributed by atoms with Crippen molar-refractivity contribution in [2.75, 3.05) is 0 Å². The molecule has 2 rings (SSSR count). The summed E-state index contributed by atoms with van der Waals surface area (Å²) in [5, 5.41) is 4.33. The predicted molar refractivity (Wildman–Crippen MR) is 69.9 cm³/mol. The molecule has 18 heavy (non-hydrogen) atoms. The number of hydrazine groups is 1. The van der Waals surface area contributed by atoms with Gasteiger partial charge in [-0.2, -0.15) is 5.10 Å². The smallest absolute Gasteiger partial charge is 0.106 e. The van der Waals surface area contributed by atoms with Crippen molar-refractivity contribution in [2.45, 2.75) is 39.8 Å². The number of nitrogens with one attached hydrogen (secondary N) is 1. The molecule has 0 aliphatic heterocycles. The Labute approximate surface area is 107 Å². The van der Waals surface area contributed by atoms with Gasteiger partial charge in [0, 0.05) is 18.3 Å². The van der Waals surface area contributed by atoms with E-state index in [0.29, 0.717) is 0 Å². The summed E-state index contributed by atoms with van der Waals surface area (Å²) in [7, 11) is 0. The highest BCUT2D eigenvalue weighted by atomic mass is 16.3. The lowest BCUT2D eigenvalue weighted by Gasteiger charge is -2.17. The van der Waals surface area contributed by atoms with Crippen LogP contribution in [0, 0.1) is 13.8 Å². The molecule has 2 aromatic rings. The van der Waals surface area contributed by atoms with Gasteiger partial charge in [0.1, 0.15) is 11.5 Å². The Morgan fingerprint density at radius 3 is 2.83 bits per heavy atom. The van der Waals surface area contributed by atoms with Gasteiger partial charge in [0.05, 0.1) is 11.7 Å². The number of hydrogen-bond acceptors (Lipinski definition) is 4. The van der Waals surface area contributed by atoms with E-state index in [2.05, 4.69) is 17.4 Å². The molecule has 3 N–H and O–H groups in total. The van der Waals surface area contributed by atoms with Crippen LogP contribution in [0.25, 0.3) is 0 Å². The summed E-state index contributed by atoms with van der Waals surface area (Å²) in [5.74, 6) is 7.49. The van der Waals surface area contributed by atoms with Crippen LogP contribution >= 0.6 is 0 Å². The lowest BCUT2D eigenvalue weighted by atomic mass is 10.0. The quantitative estimate of drug-likeness (QED) is 0.627. The van der Waals surface area contributed by atoms with Gasteiger partial charge in [-0.3, -0.25) is 10.5 Å². The summed E-state index contributed by atoms with van der Waals surface area (Å²) in [6.07, 6.45) is 2.84. The number of rotatable bonds is 5. The zero-order valence-corrected chi connectivity index (χ0v) is 11.1. The van der Waals surface area contributed by atoms with E-state index in [-0.39, 0.29) is 6.04 Å². The number of aryl methyl sites for hydroxylation is 3. The Morgan fingerprint density at radius 1 is 1.50 bits per heavy atom. The van der Waals surface area contributed by atoms with E-state index in [1.807, 2.05) is 30.7 Å². The highest BCUT2D eigenvalue weighted by Crippen LogP contribution is 2.26. The van der Waals surface area contributed by atoms with Gasteiger partial charge in [0.15, 0.2) is 0 Å². The second-order valence-corrected chi connectivity index (χ2v) is 4.45. The third-order valence-electron chi connectivity index (χ3n) is 3.04. The molecule has 0 radical (unpaired) electrons. The molecule has 0 saturated carbocycles. The first-order valence-corrected chi connectivity index (χ1v) is 6.22. The molecule has 0 spiro atoms. The average Bonchev–Trinajstić information content (AvgIpc) is 2.89. The zero-order chi connectivity index (χ0) is 13.1. The maximum Gasteiger partial charge on any atom is 0.106 e. The van der Waals surface area contributed by atoms with Crippen molar-refractivity contribution >= 4 is 0 Å². The van der Waals surface area contributed by atoms with Crippen LogP contribution in [0.3, 0.4) is 0 Å². The van der Waals surface area contributed by atoms with E-state index in [0.717, 1.165) is 35.7 Å². The van der Waals surface area contributed by atoms with Gasteiger partial charge in [-0.25, -0.2) is 5.43 Å². The number of furan rings is 1. The summed E-state index contributed by atoms with van der Waals surface area (Å²) in [6.45, 7) is 6.90. The monoisotopic (exact) mass is 248 g/mol. The van der Waals surface area contributed by atoms with Crippen molar-refractivity contribution in [3.63, 3.8) is 0 Å². The summed E-state index contributed by atoms with van der Waals surface area (Å²) >= 11 is 0. The fraction of sp³-hybridized carbons (Fsp3) is 0.462. The Kier molecular flexibility index (Phi) is 3.84. The predicted octanol–water partition coefficient (Wildman–Crippen LogP) is 2.06. The van der Waals surface area contributed by atoms with E-state index in [4.69, 9.17) is 10.3 Å². The van der Waals surface area contributed by atoms with Crippen LogP contribution in [-0.2, 0) is 6.54 Å². The Balaban J connectivity index is 2.39. The van der Waals surface area contributed by atoms with Crippen molar-refractivity contribution in [1.82, 2.24) is 15.2 Å². The number of nitrogens with zero attached hydrogens (tertiary/aromatic N) is 2. The largest absolute Gasteiger partial charge is 0.466 e. The van der Waals surface area contributed by atoms with Crippen LogP contribution in [-0.4, -0.2) is 9.78 Å². The second-order valence-electron chi connectivity index (χ2n) is 4.45. The first kappa shape index (κ1) is 12.9. The lowest BCUT2D eigenvalue weighted by molar-refractivity contribution is 0.485. The molecule has 5 heteroatoms. The highest BCUT2D eigenvalue weighted by molar-refractivity contribution is 5.31. The molecule has 0 saturated heterocycles. The fourth-order valence-corrected chi connectivity index (χ4v) is 2.26. The highest BCUT2D eigenvalue weighted by Gasteiger charge is 2.21. The van der Waals surface area contributed by atoms with Gasteiger partial charge < -0.3 is 4.42 Å². The van der Waals surface area contributed by atoms with Crippen LogP contribution in [0.4, 0.5) is 0 Å². The molecular weight excluding hydrogens is 228 g/mol. The van der Waals surface area contributed by atoms with Gasteiger partial charge in [-0.15, -0.1) is 0 Å². The molecule has 1 unspecified atom stereocenters. The van der Waals surface area contributed by atoms with Crippen molar-refractivity contribution in [2.24, 2.45) is 5.84 Å². The van der Waals surface area contributed by atoms with E-state index < -0.39 is 0 Å². The summed E-state index contributed by atoms with van der Waals surface area (Å²) in [4.78, 5) is 0. The van der Waals surface area contributed by atoms with Crippen molar-refractivity contribution in [1.29, 1.82) is 0 Å². The standard InChI is InChI=1S/C13H20N4O/c1-4-7-17-12(5-6-15-17)13(16-14)11-8-9(2)18-10(11)3/h5-6,8,13,16H,4,7,14H2,1-3H3. The summed E-state index contributed by atoms with van der Waals surface area (Å²) in [6, 6.07) is 3.92. The van der Waals surface area contributed by atoms with Crippen LogP contribution in [0.5, 0.6) is 0 Å². The number of nitrogens with two attached hydrogens (primary N) is 1. The Hall–Kier alpha value is -1.59. The molecule has 2 aromatic heterocycles. The Morgan fingerprint density at radius 2 is 2.28 bits per heavy atom. The molecular formula is C13H20N4O. The zero-order valence-electron chi connectivity index (χ0n) is 11.1. The average molecular weight is 248 g/mol. The molecule has 1 atom stereocenters. The summed E-state index contributed by atoms with van der Waals surface area (Å²) in [5.41, 5.74) is 4.97. The minimum absolute atomic E-state index is 0.0866. The van der Waals surface area contributed by atoms with E-state index in [1.165, 1.54) is 0 Å². The maximum absolute atomic E-state index is 5.71. The topological polar surface area (TPSA) is 69.0 Å². The second kappa shape index (κ2) is 5.37. The van der Waals surface area contributed by atoms with E-state index in [1.54, 1.807) is 6.20 Å². The SMILES string of the molecule is CCCn1nccc1C(NN)c1cc(C)oc1C. The molecule has 98 valence electrons. The van der Waals surface area contributed by atoms with Crippen molar-refractivity contribution < 1.29 is 4.42 Å². The molecule has 0 aromatic carbocycles. The van der Waals surface area contributed by atoms with E-state index >= 15 is 0 Å². The molecule has 0 fully saturated rings. The van der Waals surface area contributed by atoms with Crippen LogP contribution in [0.1, 0.15) is 42.2 Å². The van der Waals surface area contributed by atoms with Crippen LogP contribution < -0.4 is 11.3 Å². The van der Waals surface area contributed by atoms with Gasteiger partial charge >= 0.3 is 0 Å². The molecule has 5 nitrogen and oxygen atoms in total. The van der Waals surface area contributed by atoms with Crippen molar-refractivity contribution in [3.8, 4) is 0 Å². The fourth-order valence-electron chi connectivity index (χ4n) is 2.26. The normalized spacial score (nSPS) is 12.9. The minimum Gasteiger partial charge on any atom is -0.466 e. The maximum atomic E-state index is 5.71. The molecule has 0 aliphatic carbocycles. The third-order valence-corrected chi connectivity index (χ3v) is 3.04. The first-order chi connectivity index (χ1) is 8.67. The molecule has 2 heterocycles. The molecule has 0 aliphatic rings. The Bertz CT molecular complexity index is 515. The van der Waals surface area contributed by atoms with Gasteiger partial charge in [-0.1, -0.05) is 6.92 Å². The first-order valence-electron chi connectivity index (χ1n) is 6.22. The number of hydrogen-bond donors (Lipinski definition) is 2. The molecule has 0 bridgehead atoms. The summed E-state index contributed by atoms with van der Waals surface area (Å²) < 4.78 is 7.55. The lowest BCUT2D eigenvalue weighted by Crippen LogP contribution is -2.31. The van der Waals surface area contributed by atoms with Gasteiger partial charge in [0.25, 0.3) is 0 Å².